The first-order chi connectivity index (χ1) is 4.83. The lowest BCUT2D eigenvalue weighted by molar-refractivity contribution is 0.549. The average Bonchev–Trinajstić information content (AvgIpc) is 2.40. The molecule has 1 rings (SSSR count). The monoisotopic (exact) mass is 154 g/mol. The minimum Gasteiger partial charge on any atom is -0.367 e. The highest BCUT2D eigenvalue weighted by Crippen LogP contribution is 2.15. The molecule has 1 unspecified atom stereocenters. The zero-order valence-corrected chi connectivity index (χ0v) is 6.44. The predicted octanol–water partition coefficient (Wildman–Crippen LogP) is 1.66. The maximum Gasteiger partial charge on any atom is 0.222 e. The Morgan fingerprint density at radius 2 is 2.60 bits per heavy atom. The maximum absolute atomic E-state index is 10.0. The number of anilines is 1. The molecule has 1 N–H and O–H groups in total. The minimum absolute atomic E-state index is 0.210. The summed E-state index contributed by atoms with van der Waals surface area (Å²) in [5.74, 6) is 0. The van der Waals surface area contributed by atoms with E-state index in [9.17, 15) is 4.79 Å². The van der Waals surface area contributed by atoms with E-state index in [1.54, 1.807) is 18.3 Å². The molecule has 0 aliphatic heterocycles. The number of hydrogen-bond donors (Lipinski definition) is 1. The Labute approximate surface area is 63.9 Å². The molecule has 53 valence electrons. The first-order valence-electron chi connectivity index (χ1n) is 3.00. The van der Waals surface area contributed by atoms with Crippen molar-refractivity contribution >= 4 is 22.6 Å². The van der Waals surface area contributed by atoms with Gasteiger partial charge >= 0.3 is 0 Å². The topological polar surface area (TPSA) is 29.1 Å². The fraction of sp³-hybridized carbons (Fsp3) is 0.286. The number of thiophene rings is 1. The molecule has 0 aliphatic carbocycles. The van der Waals surface area contributed by atoms with E-state index in [2.05, 4.69) is 5.32 Å². The van der Waals surface area contributed by atoms with Crippen LogP contribution in [-0.4, -0.2) is 12.3 Å². The molecule has 1 radical (unpaired) electrons. The van der Waals surface area contributed by atoms with Gasteiger partial charge in [0.25, 0.3) is 0 Å². The van der Waals surface area contributed by atoms with Crippen molar-refractivity contribution in [2.24, 2.45) is 0 Å². The van der Waals surface area contributed by atoms with Crippen LogP contribution in [0.5, 0.6) is 0 Å². The first-order valence-corrected chi connectivity index (χ1v) is 3.88. The molecule has 0 amide bonds. The molecule has 0 bridgehead atoms. The van der Waals surface area contributed by atoms with Crippen molar-refractivity contribution in [1.82, 2.24) is 0 Å². The lowest BCUT2D eigenvalue weighted by atomic mass is 10.4. The Bertz CT molecular complexity index is 195. The van der Waals surface area contributed by atoms with Crippen LogP contribution in [0.2, 0.25) is 0 Å². The number of nitrogens with one attached hydrogen (secondary N) is 1. The van der Waals surface area contributed by atoms with Crippen LogP contribution in [-0.2, 0) is 4.79 Å². The molecule has 3 heteroatoms. The summed E-state index contributed by atoms with van der Waals surface area (Å²) in [6, 6.07) is 3.65. The van der Waals surface area contributed by atoms with Crippen molar-refractivity contribution in [2.75, 3.05) is 5.32 Å². The highest BCUT2D eigenvalue weighted by atomic mass is 32.1. The van der Waals surface area contributed by atoms with Crippen LogP contribution in [0.1, 0.15) is 6.92 Å². The highest BCUT2D eigenvalue weighted by Gasteiger charge is 1.98. The maximum atomic E-state index is 10.0. The van der Waals surface area contributed by atoms with Gasteiger partial charge in [0.2, 0.25) is 6.29 Å². The largest absolute Gasteiger partial charge is 0.367 e. The molecule has 0 fully saturated rings. The van der Waals surface area contributed by atoms with Crippen molar-refractivity contribution in [3.8, 4) is 0 Å². The van der Waals surface area contributed by atoms with Crippen LogP contribution in [0, 0.1) is 0 Å². The van der Waals surface area contributed by atoms with Gasteiger partial charge in [0, 0.05) is 0 Å². The van der Waals surface area contributed by atoms with E-state index < -0.39 is 0 Å². The van der Waals surface area contributed by atoms with Crippen LogP contribution in [0.15, 0.2) is 17.5 Å². The molecule has 1 aromatic rings. The van der Waals surface area contributed by atoms with E-state index in [1.165, 1.54) is 0 Å². The average molecular weight is 154 g/mol. The molecule has 1 heterocycles. The third kappa shape index (κ3) is 1.84. The third-order valence-corrected chi connectivity index (χ3v) is 1.86. The summed E-state index contributed by atoms with van der Waals surface area (Å²) in [6.45, 7) is 1.77. The number of hydrogen-bond acceptors (Lipinski definition) is 3. The van der Waals surface area contributed by atoms with Crippen molar-refractivity contribution in [3.63, 3.8) is 0 Å². The van der Waals surface area contributed by atoms with Gasteiger partial charge < -0.3 is 5.32 Å². The van der Waals surface area contributed by atoms with Gasteiger partial charge in [-0.05, 0) is 24.4 Å². The molecule has 1 aromatic heterocycles. The van der Waals surface area contributed by atoms with E-state index in [0.717, 1.165) is 5.00 Å². The van der Waals surface area contributed by atoms with Crippen molar-refractivity contribution in [2.45, 2.75) is 13.0 Å². The van der Waals surface area contributed by atoms with Crippen LogP contribution in [0.3, 0.4) is 0 Å². The van der Waals surface area contributed by atoms with Gasteiger partial charge in [-0.15, -0.1) is 11.3 Å². The quantitative estimate of drug-likeness (QED) is 0.717. The van der Waals surface area contributed by atoms with Crippen molar-refractivity contribution < 1.29 is 4.79 Å². The molecule has 10 heavy (non-hydrogen) atoms. The van der Waals surface area contributed by atoms with Crippen molar-refractivity contribution in [3.05, 3.63) is 17.5 Å². The molecular formula is C7H8NOS. The molecular weight excluding hydrogens is 146 g/mol. The first kappa shape index (κ1) is 7.28. The zero-order valence-electron chi connectivity index (χ0n) is 5.63. The van der Waals surface area contributed by atoms with Gasteiger partial charge in [-0.3, -0.25) is 4.79 Å². The Balaban J connectivity index is 2.47. The van der Waals surface area contributed by atoms with Crippen LogP contribution in [0.4, 0.5) is 5.00 Å². The second-order valence-electron chi connectivity index (χ2n) is 1.96. The van der Waals surface area contributed by atoms with E-state index in [-0.39, 0.29) is 6.04 Å². The zero-order chi connectivity index (χ0) is 7.40. The molecule has 0 aliphatic rings. The summed E-state index contributed by atoms with van der Waals surface area (Å²) in [4.78, 5) is 10.0. The fourth-order valence-electron chi connectivity index (χ4n) is 0.604. The summed E-state index contributed by atoms with van der Waals surface area (Å²) in [7, 11) is 0. The van der Waals surface area contributed by atoms with Gasteiger partial charge in [0.05, 0.1) is 11.0 Å². The number of carbonyl (C=O) groups excluding carboxylic acids is 1. The highest BCUT2D eigenvalue weighted by molar-refractivity contribution is 7.14. The van der Waals surface area contributed by atoms with Gasteiger partial charge in [0.1, 0.15) is 0 Å². The fourth-order valence-corrected chi connectivity index (χ4v) is 1.31. The molecule has 2 nitrogen and oxygen atoms in total. The molecule has 0 aromatic carbocycles. The van der Waals surface area contributed by atoms with E-state index in [0.29, 0.717) is 0 Å². The summed E-state index contributed by atoms with van der Waals surface area (Å²) in [6.07, 6.45) is 1.85. The standard InChI is InChI=1S/C7H8NOS/c1-6(5-9)8-7-3-2-4-10-7/h2-4,6,8H,1H3. The van der Waals surface area contributed by atoms with E-state index >= 15 is 0 Å². The Hall–Kier alpha value is -0.830. The van der Waals surface area contributed by atoms with E-state index in [1.807, 2.05) is 23.8 Å². The van der Waals surface area contributed by atoms with Crippen LogP contribution < -0.4 is 5.32 Å². The second kappa shape index (κ2) is 3.37. The molecule has 0 saturated carbocycles. The Morgan fingerprint density at radius 1 is 1.80 bits per heavy atom. The lowest BCUT2D eigenvalue weighted by Crippen LogP contribution is -2.14. The van der Waals surface area contributed by atoms with E-state index in [4.69, 9.17) is 0 Å². The van der Waals surface area contributed by atoms with Crippen molar-refractivity contribution in [1.29, 1.82) is 0 Å². The van der Waals surface area contributed by atoms with Gasteiger partial charge in [-0.25, -0.2) is 0 Å². The van der Waals surface area contributed by atoms with Crippen LogP contribution in [0.25, 0.3) is 0 Å². The summed E-state index contributed by atoms with van der Waals surface area (Å²) < 4.78 is 0. The lowest BCUT2D eigenvalue weighted by Gasteiger charge is -2.02. The second-order valence-corrected chi connectivity index (χ2v) is 2.91. The Morgan fingerprint density at radius 3 is 3.10 bits per heavy atom. The van der Waals surface area contributed by atoms with Gasteiger partial charge in [-0.1, -0.05) is 0 Å². The van der Waals surface area contributed by atoms with Gasteiger partial charge in [-0.2, -0.15) is 0 Å². The summed E-state index contributed by atoms with van der Waals surface area (Å²) >= 11 is 1.58. The molecule has 1 atom stereocenters. The van der Waals surface area contributed by atoms with Gasteiger partial charge in [0.15, 0.2) is 0 Å². The minimum atomic E-state index is -0.210. The van der Waals surface area contributed by atoms with Crippen LogP contribution >= 0.6 is 11.3 Å². The Kier molecular flexibility index (Phi) is 2.45. The smallest absolute Gasteiger partial charge is 0.222 e. The third-order valence-electron chi connectivity index (χ3n) is 1.06. The number of rotatable bonds is 3. The SMILES string of the molecule is CC([C]=O)Nc1cccs1. The normalized spacial score (nSPS) is 12.5. The molecule has 0 spiro atoms. The summed E-state index contributed by atoms with van der Waals surface area (Å²) in [5.41, 5.74) is 0. The summed E-state index contributed by atoms with van der Waals surface area (Å²) in [5, 5.41) is 5.93. The molecule has 0 saturated heterocycles. The predicted molar refractivity (Wildman–Crippen MR) is 43.1 cm³/mol.